The molecular formula is C17H26N6O2. The number of aromatic amines is 1. The van der Waals surface area contributed by atoms with Crippen molar-refractivity contribution in [2.75, 3.05) is 26.2 Å². The minimum Gasteiger partial charge on any atom is -0.340 e. The molecule has 0 saturated carbocycles. The number of aryl methyl sites for hydroxylation is 1. The maximum absolute atomic E-state index is 12.7. The third-order valence-corrected chi connectivity index (χ3v) is 4.29. The van der Waals surface area contributed by atoms with Crippen LogP contribution in [0.3, 0.4) is 0 Å². The van der Waals surface area contributed by atoms with Crippen LogP contribution in [0.1, 0.15) is 48.2 Å². The molecule has 3 rings (SSSR count). The van der Waals surface area contributed by atoms with Gasteiger partial charge in [-0.05, 0) is 24.8 Å². The van der Waals surface area contributed by atoms with Crippen molar-refractivity contribution in [3.05, 3.63) is 29.2 Å². The predicted octanol–water partition coefficient (Wildman–Crippen LogP) is 1.65. The van der Waals surface area contributed by atoms with Gasteiger partial charge in [0, 0.05) is 38.8 Å². The first-order valence-electron chi connectivity index (χ1n) is 8.86. The Morgan fingerprint density at radius 2 is 2.16 bits per heavy atom. The largest absolute Gasteiger partial charge is 0.340 e. The van der Waals surface area contributed by atoms with E-state index >= 15 is 0 Å². The fourth-order valence-corrected chi connectivity index (χ4v) is 3.12. The maximum atomic E-state index is 12.7. The van der Waals surface area contributed by atoms with Crippen LogP contribution in [-0.2, 0) is 13.0 Å². The van der Waals surface area contributed by atoms with E-state index in [9.17, 15) is 4.79 Å². The van der Waals surface area contributed by atoms with Gasteiger partial charge in [0.2, 0.25) is 5.89 Å². The van der Waals surface area contributed by atoms with E-state index in [1.54, 1.807) is 6.92 Å². The summed E-state index contributed by atoms with van der Waals surface area (Å²) in [5.74, 6) is 1.81. The summed E-state index contributed by atoms with van der Waals surface area (Å²) in [4.78, 5) is 21.1. The molecule has 8 nitrogen and oxygen atoms in total. The van der Waals surface area contributed by atoms with Crippen LogP contribution in [0.25, 0.3) is 0 Å². The SMILES string of the molecule is Cc1nc(CN2CCCN(C(=O)c3cc(CC(C)C)[nH]n3)CC2)no1. The van der Waals surface area contributed by atoms with Crippen molar-refractivity contribution in [3.8, 4) is 0 Å². The topological polar surface area (TPSA) is 91.2 Å². The molecule has 136 valence electrons. The molecule has 0 aromatic carbocycles. The quantitative estimate of drug-likeness (QED) is 0.885. The average molecular weight is 346 g/mol. The van der Waals surface area contributed by atoms with Crippen molar-refractivity contribution >= 4 is 5.91 Å². The molecule has 0 spiro atoms. The first kappa shape index (κ1) is 17.6. The lowest BCUT2D eigenvalue weighted by atomic mass is 10.1. The van der Waals surface area contributed by atoms with Crippen LogP contribution in [0.4, 0.5) is 0 Å². The second-order valence-corrected chi connectivity index (χ2v) is 7.03. The minimum atomic E-state index is 0.00325. The van der Waals surface area contributed by atoms with E-state index in [1.807, 2.05) is 11.0 Å². The van der Waals surface area contributed by atoms with Crippen LogP contribution < -0.4 is 0 Å². The summed E-state index contributed by atoms with van der Waals surface area (Å²) in [7, 11) is 0. The Labute approximate surface area is 147 Å². The molecule has 1 N–H and O–H groups in total. The molecule has 0 radical (unpaired) electrons. The third kappa shape index (κ3) is 4.66. The van der Waals surface area contributed by atoms with Gasteiger partial charge in [0.05, 0.1) is 6.54 Å². The van der Waals surface area contributed by atoms with E-state index < -0.39 is 0 Å². The number of carbonyl (C=O) groups excluding carboxylic acids is 1. The Morgan fingerprint density at radius 1 is 1.32 bits per heavy atom. The summed E-state index contributed by atoms with van der Waals surface area (Å²) >= 11 is 0. The van der Waals surface area contributed by atoms with Gasteiger partial charge in [0.25, 0.3) is 5.91 Å². The molecule has 3 heterocycles. The highest BCUT2D eigenvalue weighted by atomic mass is 16.5. The number of H-pyrrole nitrogens is 1. The Hall–Kier alpha value is -2.22. The van der Waals surface area contributed by atoms with E-state index in [0.717, 1.165) is 38.2 Å². The van der Waals surface area contributed by atoms with Gasteiger partial charge in [-0.1, -0.05) is 19.0 Å². The number of hydrogen-bond donors (Lipinski definition) is 1. The van der Waals surface area contributed by atoms with Gasteiger partial charge in [-0.15, -0.1) is 0 Å². The van der Waals surface area contributed by atoms with E-state index in [1.165, 1.54) is 0 Å². The van der Waals surface area contributed by atoms with Gasteiger partial charge in [-0.3, -0.25) is 14.8 Å². The molecule has 0 atom stereocenters. The molecule has 1 aliphatic heterocycles. The van der Waals surface area contributed by atoms with Gasteiger partial charge in [0.15, 0.2) is 5.82 Å². The standard InChI is InChI=1S/C17H26N6O2/c1-12(2)9-14-10-15(20-19-14)17(24)23-6-4-5-22(7-8-23)11-16-18-13(3)25-21-16/h10,12H,4-9,11H2,1-3H3,(H,19,20). The van der Waals surface area contributed by atoms with Crippen LogP contribution in [-0.4, -0.2) is 62.2 Å². The molecule has 1 aliphatic rings. The summed E-state index contributed by atoms with van der Waals surface area (Å²) in [6.45, 7) is 9.87. The first-order valence-corrected chi connectivity index (χ1v) is 8.86. The molecule has 0 aliphatic carbocycles. The van der Waals surface area contributed by atoms with Crippen LogP contribution in [0, 0.1) is 12.8 Å². The van der Waals surface area contributed by atoms with E-state index in [2.05, 4.69) is 39.1 Å². The molecule has 1 fully saturated rings. The Morgan fingerprint density at radius 3 is 2.88 bits per heavy atom. The maximum Gasteiger partial charge on any atom is 0.274 e. The molecule has 2 aromatic heterocycles. The summed E-state index contributed by atoms with van der Waals surface area (Å²) in [6.07, 6.45) is 1.82. The van der Waals surface area contributed by atoms with Gasteiger partial charge in [-0.25, -0.2) is 0 Å². The van der Waals surface area contributed by atoms with Crippen molar-refractivity contribution < 1.29 is 9.32 Å². The van der Waals surface area contributed by atoms with Gasteiger partial charge >= 0.3 is 0 Å². The van der Waals surface area contributed by atoms with Crippen molar-refractivity contribution in [1.29, 1.82) is 0 Å². The number of nitrogens with zero attached hydrogens (tertiary/aromatic N) is 5. The number of nitrogens with one attached hydrogen (secondary N) is 1. The molecule has 8 heteroatoms. The lowest BCUT2D eigenvalue weighted by Gasteiger charge is -2.20. The summed E-state index contributed by atoms with van der Waals surface area (Å²) < 4.78 is 5.02. The van der Waals surface area contributed by atoms with Gasteiger partial charge < -0.3 is 9.42 Å². The first-order chi connectivity index (χ1) is 12.0. The number of rotatable bonds is 5. The highest BCUT2D eigenvalue weighted by Crippen LogP contribution is 2.12. The van der Waals surface area contributed by atoms with E-state index in [4.69, 9.17) is 4.52 Å². The third-order valence-electron chi connectivity index (χ3n) is 4.29. The number of aromatic nitrogens is 4. The number of hydrogen-bond acceptors (Lipinski definition) is 6. The van der Waals surface area contributed by atoms with Crippen LogP contribution >= 0.6 is 0 Å². The fraction of sp³-hybridized carbons (Fsp3) is 0.647. The molecule has 1 saturated heterocycles. The van der Waals surface area contributed by atoms with Crippen molar-refractivity contribution in [2.45, 2.75) is 40.2 Å². The lowest BCUT2D eigenvalue weighted by Crippen LogP contribution is -2.35. The second kappa shape index (κ2) is 7.77. The lowest BCUT2D eigenvalue weighted by molar-refractivity contribution is 0.0755. The minimum absolute atomic E-state index is 0.00325. The zero-order valence-corrected chi connectivity index (χ0v) is 15.2. The smallest absolute Gasteiger partial charge is 0.274 e. The molecule has 25 heavy (non-hydrogen) atoms. The predicted molar refractivity (Wildman–Crippen MR) is 92.0 cm³/mol. The normalized spacial score (nSPS) is 16.4. The average Bonchev–Trinajstić information content (AvgIpc) is 3.11. The Balaban J connectivity index is 1.56. The number of carbonyl (C=O) groups is 1. The van der Waals surface area contributed by atoms with Crippen molar-refractivity contribution in [3.63, 3.8) is 0 Å². The van der Waals surface area contributed by atoms with Crippen LogP contribution in [0.15, 0.2) is 10.6 Å². The monoisotopic (exact) mass is 346 g/mol. The highest BCUT2D eigenvalue weighted by molar-refractivity contribution is 5.92. The molecule has 0 bridgehead atoms. The fourth-order valence-electron chi connectivity index (χ4n) is 3.12. The zero-order chi connectivity index (χ0) is 17.8. The molecule has 1 amide bonds. The van der Waals surface area contributed by atoms with Crippen LogP contribution in [0.2, 0.25) is 0 Å². The molecule has 2 aromatic rings. The van der Waals surface area contributed by atoms with E-state index in [-0.39, 0.29) is 5.91 Å². The van der Waals surface area contributed by atoms with Gasteiger partial charge in [0.1, 0.15) is 5.69 Å². The summed E-state index contributed by atoms with van der Waals surface area (Å²) in [6, 6.07) is 1.88. The molecular weight excluding hydrogens is 320 g/mol. The molecule has 0 unspecified atom stereocenters. The van der Waals surface area contributed by atoms with Crippen molar-refractivity contribution in [1.82, 2.24) is 30.1 Å². The van der Waals surface area contributed by atoms with Crippen LogP contribution in [0.5, 0.6) is 0 Å². The van der Waals surface area contributed by atoms with Crippen molar-refractivity contribution in [2.24, 2.45) is 5.92 Å². The van der Waals surface area contributed by atoms with Gasteiger partial charge in [-0.2, -0.15) is 10.1 Å². The number of amides is 1. The zero-order valence-electron chi connectivity index (χ0n) is 15.2. The Bertz CT molecular complexity index is 708. The summed E-state index contributed by atoms with van der Waals surface area (Å²) in [5, 5.41) is 11.1. The van der Waals surface area contributed by atoms with E-state index in [0.29, 0.717) is 36.4 Å². The second-order valence-electron chi connectivity index (χ2n) is 7.03. The Kier molecular flexibility index (Phi) is 5.47. The summed E-state index contributed by atoms with van der Waals surface area (Å²) in [5.41, 5.74) is 1.53. The highest BCUT2D eigenvalue weighted by Gasteiger charge is 2.23.